The molecule has 1 heterocycles. The second kappa shape index (κ2) is 4.89. The largest absolute Gasteiger partial charge is 0.316 e. The zero-order valence-corrected chi connectivity index (χ0v) is 10.3. The van der Waals surface area contributed by atoms with Crippen molar-refractivity contribution in [2.24, 2.45) is 0 Å². The molecule has 4 heteroatoms. The van der Waals surface area contributed by atoms with Gasteiger partial charge in [0.1, 0.15) is 0 Å². The highest BCUT2D eigenvalue weighted by Gasteiger charge is 2.22. The zero-order valence-electron chi connectivity index (χ0n) is 9.36. The summed E-state index contributed by atoms with van der Waals surface area (Å²) < 4.78 is 0. The Morgan fingerprint density at radius 3 is 2.94 bits per heavy atom. The normalized spacial score (nSPS) is 15.1. The fourth-order valence-electron chi connectivity index (χ4n) is 2.08. The number of hydrogen-bond donors (Lipinski definition) is 2. The molecule has 16 heavy (non-hydrogen) atoms. The number of fused-ring (bicyclic) bond motifs is 1. The van der Waals surface area contributed by atoms with Crippen molar-refractivity contribution in [3.05, 3.63) is 29.3 Å². The molecule has 1 aromatic carbocycles. The minimum atomic E-state index is 0.170. The van der Waals surface area contributed by atoms with Gasteiger partial charge < -0.3 is 10.2 Å². The minimum absolute atomic E-state index is 0.170. The molecule has 0 unspecified atom stereocenters. The van der Waals surface area contributed by atoms with E-state index in [1.807, 2.05) is 13.1 Å². The summed E-state index contributed by atoms with van der Waals surface area (Å²) in [7, 11) is 1.93. The quantitative estimate of drug-likeness (QED) is 0.781. The number of rotatable bonds is 3. The Kier molecular flexibility index (Phi) is 3.51. The summed E-state index contributed by atoms with van der Waals surface area (Å²) in [6, 6.07) is 6.26. The van der Waals surface area contributed by atoms with E-state index in [9.17, 15) is 4.79 Å². The monoisotopic (exact) mass is 236 g/mol. The van der Waals surface area contributed by atoms with Crippen LogP contribution in [0.5, 0.6) is 0 Å². The second-order valence-electron chi connectivity index (χ2n) is 3.96. The third kappa shape index (κ3) is 2.08. The van der Waals surface area contributed by atoms with Crippen LogP contribution in [0.25, 0.3) is 0 Å². The SMILES string of the molecule is CNCc1ccc2c(c1)CCC(=O)N2CS. The van der Waals surface area contributed by atoms with Crippen molar-refractivity contribution in [3.63, 3.8) is 0 Å². The lowest BCUT2D eigenvalue weighted by atomic mass is 9.99. The fraction of sp³-hybridized carbons (Fsp3) is 0.417. The number of hydrogen-bond acceptors (Lipinski definition) is 3. The second-order valence-corrected chi connectivity index (χ2v) is 4.24. The Labute approximate surface area is 101 Å². The zero-order chi connectivity index (χ0) is 11.5. The number of amides is 1. The van der Waals surface area contributed by atoms with Crippen LogP contribution in [-0.2, 0) is 17.8 Å². The lowest BCUT2D eigenvalue weighted by Gasteiger charge is -2.28. The first-order valence-electron chi connectivity index (χ1n) is 5.44. The lowest BCUT2D eigenvalue weighted by molar-refractivity contribution is -0.118. The summed E-state index contributed by atoms with van der Waals surface area (Å²) in [6.45, 7) is 0.863. The van der Waals surface area contributed by atoms with Crippen molar-refractivity contribution in [1.29, 1.82) is 0 Å². The van der Waals surface area contributed by atoms with E-state index in [-0.39, 0.29) is 5.91 Å². The predicted octanol–water partition coefficient (Wildman–Crippen LogP) is 1.57. The van der Waals surface area contributed by atoms with E-state index in [0.717, 1.165) is 18.7 Å². The molecule has 0 fully saturated rings. The van der Waals surface area contributed by atoms with Gasteiger partial charge in [0.2, 0.25) is 5.91 Å². The van der Waals surface area contributed by atoms with Crippen molar-refractivity contribution in [2.45, 2.75) is 19.4 Å². The van der Waals surface area contributed by atoms with E-state index in [4.69, 9.17) is 0 Å². The standard InChI is InChI=1S/C12H16N2OS/c1-13-7-9-2-4-11-10(6-9)3-5-12(15)14(11)8-16/h2,4,6,13,16H,3,5,7-8H2,1H3. The summed E-state index contributed by atoms with van der Waals surface area (Å²) in [5, 5.41) is 3.13. The van der Waals surface area contributed by atoms with Crippen LogP contribution in [0.3, 0.4) is 0 Å². The van der Waals surface area contributed by atoms with Gasteiger partial charge in [-0.15, -0.1) is 0 Å². The number of anilines is 1. The fourth-order valence-corrected chi connectivity index (χ4v) is 2.39. The summed E-state index contributed by atoms with van der Waals surface area (Å²) in [6.07, 6.45) is 1.44. The topological polar surface area (TPSA) is 32.3 Å². The van der Waals surface area contributed by atoms with Gasteiger partial charge in [0.05, 0.1) is 5.88 Å². The summed E-state index contributed by atoms with van der Waals surface area (Å²) in [5.41, 5.74) is 3.53. The van der Waals surface area contributed by atoms with Crippen LogP contribution in [0.15, 0.2) is 18.2 Å². The van der Waals surface area contributed by atoms with Crippen LogP contribution in [0.1, 0.15) is 17.5 Å². The van der Waals surface area contributed by atoms with E-state index in [1.54, 1.807) is 4.90 Å². The number of aryl methyl sites for hydroxylation is 1. The van der Waals surface area contributed by atoms with Crippen molar-refractivity contribution >= 4 is 24.2 Å². The van der Waals surface area contributed by atoms with Crippen molar-refractivity contribution in [1.82, 2.24) is 5.32 Å². The molecule has 0 atom stereocenters. The third-order valence-corrected chi connectivity index (χ3v) is 3.15. The maximum absolute atomic E-state index is 11.7. The van der Waals surface area contributed by atoms with Crippen molar-refractivity contribution < 1.29 is 4.79 Å². The van der Waals surface area contributed by atoms with Gasteiger partial charge in [0.15, 0.2) is 0 Å². The molecule has 1 aliphatic heterocycles. The molecule has 0 bridgehead atoms. The van der Waals surface area contributed by atoms with E-state index in [2.05, 4.69) is 30.1 Å². The molecule has 0 spiro atoms. The lowest BCUT2D eigenvalue weighted by Crippen LogP contribution is -2.34. The highest BCUT2D eigenvalue weighted by molar-refractivity contribution is 7.80. The van der Waals surface area contributed by atoms with Crippen LogP contribution in [0, 0.1) is 0 Å². The van der Waals surface area contributed by atoms with E-state index in [1.165, 1.54) is 11.1 Å². The van der Waals surface area contributed by atoms with Gasteiger partial charge in [-0.25, -0.2) is 0 Å². The summed E-state index contributed by atoms with van der Waals surface area (Å²) in [5.74, 6) is 0.626. The molecule has 1 amide bonds. The molecule has 3 nitrogen and oxygen atoms in total. The number of thiol groups is 1. The van der Waals surface area contributed by atoms with Crippen LogP contribution >= 0.6 is 12.6 Å². The van der Waals surface area contributed by atoms with Gasteiger partial charge in [-0.1, -0.05) is 12.1 Å². The molecule has 0 radical (unpaired) electrons. The number of benzene rings is 1. The van der Waals surface area contributed by atoms with Crippen LogP contribution in [0.2, 0.25) is 0 Å². The molecular weight excluding hydrogens is 220 g/mol. The van der Waals surface area contributed by atoms with Gasteiger partial charge >= 0.3 is 0 Å². The van der Waals surface area contributed by atoms with Gasteiger partial charge in [-0.05, 0) is 30.7 Å². The van der Waals surface area contributed by atoms with Gasteiger partial charge in [-0.3, -0.25) is 4.79 Å². The van der Waals surface area contributed by atoms with Crippen molar-refractivity contribution in [3.8, 4) is 0 Å². The van der Waals surface area contributed by atoms with Gasteiger partial charge in [0.25, 0.3) is 0 Å². The highest BCUT2D eigenvalue weighted by Crippen LogP contribution is 2.28. The average molecular weight is 236 g/mol. The maximum atomic E-state index is 11.7. The van der Waals surface area contributed by atoms with E-state index >= 15 is 0 Å². The highest BCUT2D eigenvalue weighted by atomic mass is 32.1. The number of nitrogens with zero attached hydrogens (tertiary/aromatic N) is 1. The Morgan fingerprint density at radius 2 is 2.25 bits per heavy atom. The molecule has 1 aliphatic rings. The predicted molar refractivity (Wildman–Crippen MR) is 68.9 cm³/mol. The van der Waals surface area contributed by atoms with E-state index < -0.39 is 0 Å². The van der Waals surface area contributed by atoms with Crippen LogP contribution < -0.4 is 10.2 Å². The molecule has 0 aromatic heterocycles. The van der Waals surface area contributed by atoms with Crippen molar-refractivity contribution in [2.75, 3.05) is 17.8 Å². The Morgan fingerprint density at radius 1 is 1.44 bits per heavy atom. The molecule has 0 saturated carbocycles. The molecule has 1 N–H and O–H groups in total. The van der Waals surface area contributed by atoms with E-state index in [0.29, 0.717) is 12.3 Å². The first kappa shape index (κ1) is 11.5. The maximum Gasteiger partial charge on any atom is 0.228 e. The molecule has 0 saturated heterocycles. The van der Waals surface area contributed by atoms with Gasteiger partial charge in [-0.2, -0.15) is 12.6 Å². The first-order chi connectivity index (χ1) is 7.76. The molecule has 1 aromatic rings. The summed E-state index contributed by atoms with van der Waals surface area (Å²) >= 11 is 4.21. The van der Waals surface area contributed by atoms with Gasteiger partial charge in [0, 0.05) is 18.7 Å². The third-order valence-electron chi connectivity index (χ3n) is 2.87. The first-order valence-corrected chi connectivity index (χ1v) is 6.07. The Balaban J connectivity index is 2.34. The Hall–Kier alpha value is -1.00. The number of nitrogens with one attached hydrogen (secondary N) is 1. The molecule has 0 aliphatic carbocycles. The molecule has 2 rings (SSSR count). The Bertz CT molecular complexity index is 406. The average Bonchev–Trinajstić information content (AvgIpc) is 2.30. The van der Waals surface area contributed by atoms with Crippen LogP contribution in [0.4, 0.5) is 5.69 Å². The number of carbonyl (C=O) groups is 1. The number of carbonyl (C=O) groups excluding carboxylic acids is 1. The smallest absolute Gasteiger partial charge is 0.228 e. The molecular formula is C12H16N2OS. The summed E-state index contributed by atoms with van der Waals surface area (Å²) in [4.78, 5) is 13.4. The van der Waals surface area contributed by atoms with Crippen LogP contribution in [-0.4, -0.2) is 18.8 Å². The minimum Gasteiger partial charge on any atom is -0.316 e. The molecule has 86 valence electrons.